The second kappa shape index (κ2) is 10.8. The molecule has 0 radical (unpaired) electrons. The number of nitrogens with two attached hydrogens (primary N) is 1. The fourth-order valence-corrected chi connectivity index (χ4v) is 3.08. The molecule has 0 saturated heterocycles. The third-order valence-corrected chi connectivity index (χ3v) is 4.91. The summed E-state index contributed by atoms with van der Waals surface area (Å²) in [4.78, 5) is 23.9. The minimum absolute atomic E-state index is 0.119. The first-order valence-corrected chi connectivity index (χ1v) is 10.1. The molecule has 0 bridgehead atoms. The van der Waals surface area contributed by atoms with E-state index in [-0.39, 0.29) is 17.7 Å². The molecule has 2 heterocycles. The summed E-state index contributed by atoms with van der Waals surface area (Å²) in [5.74, 6) is 0.399. The Morgan fingerprint density at radius 3 is 2.53 bits per heavy atom. The van der Waals surface area contributed by atoms with Crippen molar-refractivity contribution in [2.24, 2.45) is 0 Å². The molecule has 30 heavy (non-hydrogen) atoms. The Balaban J connectivity index is 0.000000575. The van der Waals surface area contributed by atoms with E-state index in [1.54, 1.807) is 29.6 Å². The van der Waals surface area contributed by atoms with Crippen molar-refractivity contribution >= 4 is 33.4 Å². The van der Waals surface area contributed by atoms with Crippen molar-refractivity contribution in [3.8, 4) is 11.4 Å². The molecular weight excluding hydrogens is 411 g/mol. The molecule has 10 heteroatoms. The van der Waals surface area contributed by atoms with Crippen LogP contribution in [0.3, 0.4) is 0 Å². The average molecular weight is 437 g/mol. The number of alkyl halides is 1. The Morgan fingerprint density at radius 1 is 1.37 bits per heavy atom. The van der Waals surface area contributed by atoms with Gasteiger partial charge in [-0.2, -0.15) is 9.78 Å². The molecule has 0 fully saturated rings. The van der Waals surface area contributed by atoms with E-state index in [1.807, 2.05) is 7.05 Å². The highest BCUT2D eigenvalue weighted by atomic mass is 32.1. The molecule has 1 atom stereocenters. The van der Waals surface area contributed by atoms with Crippen LogP contribution in [0.2, 0.25) is 0 Å². The summed E-state index contributed by atoms with van der Waals surface area (Å²) in [5.41, 5.74) is 5.95. The zero-order chi connectivity index (χ0) is 22.3. The number of rotatable bonds is 7. The number of hydrogen-bond donors (Lipinski definition) is 3. The number of carbonyl (C=O) groups is 1. The second-order valence-electron chi connectivity index (χ2n) is 6.67. The SMILES string of the molecule is CNC(C)C.Nc1scc2c(C=O)nn(-c3ccc(OCC(O)CF)cc3)c(=O)c12. The normalized spacial score (nSPS) is 11.8. The van der Waals surface area contributed by atoms with Crippen LogP contribution in [0, 0.1) is 0 Å². The molecule has 0 aliphatic carbocycles. The lowest BCUT2D eigenvalue weighted by Gasteiger charge is -2.10. The molecule has 3 aromatic rings. The fourth-order valence-electron chi connectivity index (χ4n) is 2.28. The number of carbonyl (C=O) groups excluding carboxylic acids is 1. The maximum atomic E-state index is 12.6. The summed E-state index contributed by atoms with van der Waals surface area (Å²) in [6, 6.07) is 6.87. The molecule has 0 aliphatic rings. The van der Waals surface area contributed by atoms with Crippen LogP contribution in [-0.2, 0) is 0 Å². The minimum Gasteiger partial charge on any atom is -0.491 e. The van der Waals surface area contributed by atoms with Gasteiger partial charge < -0.3 is 20.9 Å². The van der Waals surface area contributed by atoms with Crippen LogP contribution in [0.25, 0.3) is 16.5 Å². The molecule has 0 amide bonds. The van der Waals surface area contributed by atoms with Gasteiger partial charge in [-0.25, -0.2) is 4.39 Å². The van der Waals surface area contributed by atoms with Crippen LogP contribution in [0.4, 0.5) is 9.39 Å². The quantitative estimate of drug-likeness (QED) is 0.486. The van der Waals surface area contributed by atoms with Gasteiger partial charge in [-0.15, -0.1) is 11.3 Å². The van der Waals surface area contributed by atoms with Crippen molar-refractivity contribution in [2.75, 3.05) is 26.1 Å². The zero-order valence-electron chi connectivity index (χ0n) is 17.0. The Bertz CT molecular complexity index is 1030. The predicted octanol–water partition coefficient (Wildman–Crippen LogP) is 2.17. The third kappa shape index (κ3) is 5.62. The number of hydrogen-bond acceptors (Lipinski definition) is 8. The van der Waals surface area contributed by atoms with Crippen molar-refractivity contribution in [3.63, 3.8) is 0 Å². The van der Waals surface area contributed by atoms with Crippen molar-refractivity contribution in [1.29, 1.82) is 0 Å². The molecule has 4 N–H and O–H groups in total. The van der Waals surface area contributed by atoms with E-state index in [2.05, 4.69) is 24.3 Å². The van der Waals surface area contributed by atoms with Crippen molar-refractivity contribution in [2.45, 2.75) is 26.0 Å². The number of fused-ring (bicyclic) bond motifs is 1. The van der Waals surface area contributed by atoms with Gasteiger partial charge >= 0.3 is 0 Å². The van der Waals surface area contributed by atoms with Gasteiger partial charge in [-0.1, -0.05) is 13.8 Å². The van der Waals surface area contributed by atoms with E-state index >= 15 is 0 Å². The number of aliphatic hydroxyl groups excluding tert-OH is 1. The molecular formula is C20H25FN4O4S. The Hall–Kier alpha value is -2.82. The van der Waals surface area contributed by atoms with Crippen LogP contribution in [0.15, 0.2) is 34.4 Å². The summed E-state index contributed by atoms with van der Waals surface area (Å²) >= 11 is 1.17. The molecule has 0 aliphatic heterocycles. The number of anilines is 1. The van der Waals surface area contributed by atoms with Gasteiger partial charge in [0.2, 0.25) is 0 Å². The van der Waals surface area contributed by atoms with Crippen molar-refractivity contribution in [3.05, 3.63) is 45.7 Å². The number of nitrogen functional groups attached to an aromatic ring is 1. The molecule has 3 rings (SSSR count). The van der Waals surface area contributed by atoms with Gasteiger partial charge in [0, 0.05) is 16.8 Å². The first-order chi connectivity index (χ1) is 14.3. The topological polar surface area (TPSA) is 119 Å². The fraction of sp³-hybridized carbons (Fsp3) is 0.350. The molecule has 0 saturated carbocycles. The van der Waals surface area contributed by atoms with E-state index < -0.39 is 18.3 Å². The highest BCUT2D eigenvalue weighted by Gasteiger charge is 2.15. The summed E-state index contributed by atoms with van der Waals surface area (Å²) < 4.78 is 18.5. The zero-order valence-corrected chi connectivity index (χ0v) is 17.8. The van der Waals surface area contributed by atoms with Gasteiger partial charge in [-0.3, -0.25) is 9.59 Å². The number of nitrogens with one attached hydrogen (secondary N) is 1. The standard InChI is InChI=1S/C16H14FN3O4S.C4H11N/c17-5-10(22)7-24-11-3-1-9(2-4-11)20-16(23)14-12(8-25-15(14)18)13(6-21)19-20;1-4(2)5-3/h1-4,6,8,10,22H,5,7,18H2;4-5H,1-3H3. The highest BCUT2D eigenvalue weighted by Crippen LogP contribution is 2.26. The van der Waals surface area contributed by atoms with Crippen LogP contribution in [-0.4, -0.2) is 53.6 Å². The third-order valence-electron chi connectivity index (χ3n) is 4.10. The lowest BCUT2D eigenvalue weighted by molar-refractivity contribution is 0.0842. The average Bonchev–Trinajstić information content (AvgIpc) is 3.15. The molecule has 0 spiro atoms. The summed E-state index contributed by atoms with van der Waals surface area (Å²) in [6.45, 7) is 3.15. The van der Waals surface area contributed by atoms with Crippen molar-refractivity contribution < 1.29 is 19.0 Å². The molecule has 1 unspecified atom stereocenters. The number of aromatic nitrogens is 2. The Kier molecular flexibility index (Phi) is 8.46. The Morgan fingerprint density at radius 2 is 2.00 bits per heavy atom. The van der Waals surface area contributed by atoms with E-state index in [0.29, 0.717) is 34.2 Å². The number of ether oxygens (including phenoxy) is 1. The summed E-state index contributed by atoms with van der Waals surface area (Å²) in [6.07, 6.45) is -0.622. The minimum atomic E-state index is -1.19. The number of aliphatic hydroxyl groups is 1. The Labute approximate surface area is 177 Å². The maximum absolute atomic E-state index is 12.6. The van der Waals surface area contributed by atoms with Gasteiger partial charge in [0.15, 0.2) is 6.29 Å². The second-order valence-corrected chi connectivity index (χ2v) is 7.58. The van der Waals surface area contributed by atoms with Gasteiger partial charge in [-0.05, 0) is 31.3 Å². The van der Waals surface area contributed by atoms with Gasteiger partial charge in [0.05, 0.1) is 16.1 Å². The monoisotopic (exact) mass is 436 g/mol. The van der Waals surface area contributed by atoms with Crippen LogP contribution in [0.1, 0.15) is 24.3 Å². The smallest absolute Gasteiger partial charge is 0.282 e. The van der Waals surface area contributed by atoms with E-state index in [9.17, 15) is 14.0 Å². The summed E-state index contributed by atoms with van der Waals surface area (Å²) in [5, 5.41) is 18.9. The van der Waals surface area contributed by atoms with E-state index in [1.165, 1.54) is 11.3 Å². The highest BCUT2D eigenvalue weighted by molar-refractivity contribution is 7.15. The predicted molar refractivity (Wildman–Crippen MR) is 117 cm³/mol. The van der Waals surface area contributed by atoms with Gasteiger partial charge in [0.25, 0.3) is 5.56 Å². The number of thiophene rings is 1. The maximum Gasteiger partial charge on any atom is 0.282 e. The summed E-state index contributed by atoms with van der Waals surface area (Å²) in [7, 11) is 1.95. The molecule has 8 nitrogen and oxygen atoms in total. The largest absolute Gasteiger partial charge is 0.491 e. The lowest BCUT2D eigenvalue weighted by atomic mass is 10.2. The number of halogens is 1. The lowest BCUT2D eigenvalue weighted by Crippen LogP contribution is -2.23. The first kappa shape index (κ1) is 23.5. The van der Waals surface area contributed by atoms with Crippen LogP contribution in [0.5, 0.6) is 5.75 Å². The number of nitrogens with zero attached hydrogens (tertiary/aromatic N) is 2. The molecule has 2 aromatic heterocycles. The number of aldehydes is 1. The van der Waals surface area contributed by atoms with Crippen molar-refractivity contribution in [1.82, 2.24) is 15.1 Å². The number of benzene rings is 1. The van der Waals surface area contributed by atoms with Gasteiger partial charge in [0.1, 0.15) is 30.8 Å². The molecule has 162 valence electrons. The van der Waals surface area contributed by atoms with Crippen LogP contribution >= 0.6 is 11.3 Å². The van der Waals surface area contributed by atoms with E-state index in [0.717, 1.165) is 4.68 Å². The first-order valence-electron chi connectivity index (χ1n) is 9.22. The van der Waals surface area contributed by atoms with Crippen LogP contribution < -0.4 is 21.3 Å². The molecule has 1 aromatic carbocycles. The van der Waals surface area contributed by atoms with E-state index in [4.69, 9.17) is 15.6 Å².